The molecular formula is C21H29ClN4O. The van der Waals surface area contributed by atoms with Crippen LogP contribution in [0, 0.1) is 17.2 Å². The number of carbonyl (C=O) groups excluding carboxylic acids is 1. The fourth-order valence-electron chi connectivity index (χ4n) is 4.13. The fourth-order valence-corrected chi connectivity index (χ4v) is 4.36. The van der Waals surface area contributed by atoms with Gasteiger partial charge in [0.1, 0.15) is 6.07 Å². The van der Waals surface area contributed by atoms with Gasteiger partial charge in [-0.25, -0.2) is 0 Å². The summed E-state index contributed by atoms with van der Waals surface area (Å²) >= 11 is 6.11. The predicted octanol–water partition coefficient (Wildman–Crippen LogP) is 3.73. The molecule has 6 heteroatoms. The number of halogens is 1. The summed E-state index contributed by atoms with van der Waals surface area (Å²) < 4.78 is 0. The van der Waals surface area contributed by atoms with E-state index in [0.717, 1.165) is 57.5 Å². The van der Waals surface area contributed by atoms with E-state index in [1.165, 1.54) is 0 Å². The highest BCUT2D eigenvalue weighted by atomic mass is 35.5. The van der Waals surface area contributed by atoms with Crippen LogP contribution in [0.3, 0.4) is 0 Å². The maximum absolute atomic E-state index is 12.8. The van der Waals surface area contributed by atoms with Gasteiger partial charge < -0.3 is 10.2 Å². The molecule has 2 fully saturated rings. The maximum atomic E-state index is 12.8. The molecule has 1 saturated carbocycles. The van der Waals surface area contributed by atoms with Crippen LogP contribution in [0.2, 0.25) is 5.02 Å². The van der Waals surface area contributed by atoms with Gasteiger partial charge in [0.15, 0.2) is 0 Å². The number of carbonyl (C=O) groups is 1. The molecule has 0 atom stereocenters. The van der Waals surface area contributed by atoms with Crippen molar-refractivity contribution in [2.75, 3.05) is 31.5 Å². The molecule has 1 aromatic rings. The molecule has 0 unspecified atom stereocenters. The number of nitriles is 1. The average molecular weight is 389 g/mol. The standard InChI is InChI=1S/C21H29ClN4O/c1-15(2)25-9-11-26(12-10-25)21(27)16-3-6-18(7-4-16)24-19-8-5-17(14-23)20(22)13-19/h5,8,13,15-16,18,24H,3-4,6-7,9-12H2,1-2H3. The zero-order chi connectivity index (χ0) is 19.4. The molecule has 5 nitrogen and oxygen atoms in total. The second-order valence-corrected chi connectivity index (χ2v) is 8.36. The highest BCUT2D eigenvalue weighted by Gasteiger charge is 2.31. The van der Waals surface area contributed by atoms with Gasteiger partial charge in [-0.15, -0.1) is 0 Å². The Kier molecular flexibility index (Phi) is 6.62. The average Bonchev–Trinajstić information content (AvgIpc) is 2.68. The van der Waals surface area contributed by atoms with Crippen molar-refractivity contribution in [3.05, 3.63) is 28.8 Å². The molecule has 0 bridgehead atoms. The number of rotatable bonds is 4. The van der Waals surface area contributed by atoms with Gasteiger partial charge in [-0.05, 0) is 57.7 Å². The first kappa shape index (κ1) is 20.0. The smallest absolute Gasteiger partial charge is 0.225 e. The van der Waals surface area contributed by atoms with E-state index in [9.17, 15) is 4.79 Å². The number of benzene rings is 1. The maximum Gasteiger partial charge on any atom is 0.225 e. The second-order valence-electron chi connectivity index (χ2n) is 7.95. The molecule has 2 aliphatic rings. The van der Waals surface area contributed by atoms with E-state index in [0.29, 0.717) is 28.6 Å². The summed E-state index contributed by atoms with van der Waals surface area (Å²) in [7, 11) is 0. The number of anilines is 1. The zero-order valence-corrected chi connectivity index (χ0v) is 17.0. The highest BCUT2D eigenvalue weighted by Crippen LogP contribution is 2.29. The third kappa shape index (κ3) is 4.94. The summed E-state index contributed by atoms with van der Waals surface area (Å²) in [5, 5.41) is 13.0. The highest BCUT2D eigenvalue weighted by molar-refractivity contribution is 6.32. The summed E-state index contributed by atoms with van der Waals surface area (Å²) in [5.41, 5.74) is 1.44. The second kappa shape index (κ2) is 8.95. The van der Waals surface area contributed by atoms with Crippen LogP contribution in [0.15, 0.2) is 18.2 Å². The van der Waals surface area contributed by atoms with Gasteiger partial charge in [0.2, 0.25) is 5.91 Å². The summed E-state index contributed by atoms with van der Waals surface area (Å²) in [6.45, 7) is 8.12. The van der Waals surface area contributed by atoms with Crippen molar-refractivity contribution in [3.8, 4) is 6.07 Å². The SMILES string of the molecule is CC(C)N1CCN(C(=O)C2CCC(Nc3ccc(C#N)c(Cl)c3)CC2)CC1. The predicted molar refractivity (Wildman–Crippen MR) is 109 cm³/mol. The van der Waals surface area contributed by atoms with Crippen LogP contribution in [-0.2, 0) is 4.79 Å². The Morgan fingerprint density at radius 3 is 2.41 bits per heavy atom. The van der Waals surface area contributed by atoms with Crippen molar-refractivity contribution in [1.82, 2.24) is 9.80 Å². The van der Waals surface area contributed by atoms with E-state index in [2.05, 4.69) is 35.0 Å². The molecule has 1 aliphatic carbocycles. The van der Waals surface area contributed by atoms with Crippen LogP contribution in [0.25, 0.3) is 0 Å². The van der Waals surface area contributed by atoms with Crippen molar-refractivity contribution in [3.63, 3.8) is 0 Å². The van der Waals surface area contributed by atoms with Crippen LogP contribution in [0.5, 0.6) is 0 Å². The minimum absolute atomic E-state index is 0.165. The molecule has 0 spiro atoms. The van der Waals surface area contributed by atoms with Crippen LogP contribution >= 0.6 is 11.6 Å². The molecule has 1 aromatic carbocycles. The third-order valence-corrected chi connectivity index (χ3v) is 6.21. The third-order valence-electron chi connectivity index (χ3n) is 5.89. The summed E-state index contributed by atoms with van der Waals surface area (Å²) in [6, 6.07) is 8.45. The van der Waals surface area contributed by atoms with Crippen molar-refractivity contribution in [2.24, 2.45) is 5.92 Å². The molecule has 3 rings (SSSR count). The first-order valence-corrected chi connectivity index (χ1v) is 10.3. The lowest BCUT2D eigenvalue weighted by Crippen LogP contribution is -2.52. The quantitative estimate of drug-likeness (QED) is 0.853. The summed E-state index contributed by atoms with van der Waals surface area (Å²) in [5.74, 6) is 0.511. The molecule has 0 radical (unpaired) electrons. The van der Waals surface area contributed by atoms with E-state index in [4.69, 9.17) is 16.9 Å². The van der Waals surface area contributed by atoms with Crippen LogP contribution in [-0.4, -0.2) is 54.0 Å². The molecule has 27 heavy (non-hydrogen) atoms. The Balaban J connectivity index is 1.47. The molecule has 1 aliphatic heterocycles. The number of piperazine rings is 1. The van der Waals surface area contributed by atoms with Crippen LogP contribution in [0.4, 0.5) is 5.69 Å². The Bertz CT molecular complexity index is 699. The minimum atomic E-state index is 0.165. The van der Waals surface area contributed by atoms with Gasteiger partial charge in [-0.1, -0.05) is 11.6 Å². The van der Waals surface area contributed by atoms with Crippen molar-refractivity contribution in [1.29, 1.82) is 5.26 Å². The van der Waals surface area contributed by atoms with Gasteiger partial charge in [0.25, 0.3) is 0 Å². The Morgan fingerprint density at radius 2 is 1.85 bits per heavy atom. The number of nitrogens with one attached hydrogen (secondary N) is 1. The van der Waals surface area contributed by atoms with E-state index < -0.39 is 0 Å². The van der Waals surface area contributed by atoms with Crippen LogP contribution < -0.4 is 5.32 Å². The lowest BCUT2D eigenvalue weighted by molar-refractivity contribution is -0.138. The number of nitrogens with zero attached hydrogens (tertiary/aromatic N) is 3. The normalized spacial score (nSPS) is 23.9. The summed E-state index contributed by atoms with van der Waals surface area (Å²) in [6.07, 6.45) is 3.84. The summed E-state index contributed by atoms with van der Waals surface area (Å²) in [4.78, 5) is 17.4. The lowest BCUT2D eigenvalue weighted by Gasteiger charge is -2.39. The number of hydrogen-bond acceptors (Lipinski definition) is 4. The Hall–Kier alpha value is -1.77. The molecule has 1 heterocycles. The molecule has 0 aromatic heterocycles. The fraction of sp³-hybridized carbons (Fsp3) is 0.619. The Morgan fingerprint density at radius 1 is 1.19 bits per heavy atom. The van der Waals surface area contributed by atoms with Gasteiger partial charge >= 0.3 is 0 Å². The molecule has 1 saturated heterocycles. The minimum Gasteiger partial charge on any atom is -0.382 e. The molecular weight excluding hydrogens is 360 g/mol. The first-order valence-electron chi connectivity index (χ1n) is 9.97. The molecule has 146 valence electrons. The van der Waals surface area contributed by atoms with E-state index >= 15 is 0 Å². The topological polar surface area (TPSA) is 59.4 Å². The van der Waals surface area contributed by atoms with Gasteiger partial charge in [0.05, 0.1) is 10.6 Å². The van der Waals surface area contributed by atoms with Gasteiger partial charge in [0, 0.05) is 49.9 Å². The molecule has 1 N–H and O–H groups in total. The van der Waals surface area contributed by atoms with Crippen molar-refractivity contribution >= 4 is 23.2 Å². The van der Waals surface area contributed by atoms with Crippen LogP contribution in [0.1, 0.15) is 45.1 Å². The lowest BCUT2D eigenvalue weighted by atomic mass is 9.85. The number of amides is 1. The van der Waals surface area contributed by atoms with E-state index in [1.54, 1.807) is 6.07 Å². The van der Waals surface area contributed by atoms with Crippen molar-refractivity contribution in [2.45, 2.75) is 51.6 Å². The van der Waals surface area contributed by atoms with Crippen molar-refractivity contribution < 1.29 is 4.79 Å². The monoisotopic (exact) mass is 388 g/mol. The number of hydrogen-bond donors (Lipinski definition) is 1. The first-order chi connectivity index (χ1) is 13.0. The largest absolute Gasteiger partial charge is 0.382 e. The molecule has 1 amide bonds. The Labute approximate surface area is 167 Å². The van der Waals surface area contributed by atoms with E-state index in [1.807, 2.05) is 12.1 Å². The zero-order valence-electron chi connectivity index (χ0n) is 16.2. The van der Waals surface area contributed by atoms with E-state index in [-0.39, 0.29) is 5.92 Å². The van der Waals surface area contributed by atoms with Gasteiger partial charge in [-0.2, -0.15) is 5.26 Å². The van der Waals surface area contributed by atoms with Gasteiger partial charge in [-0.3, -0.25) is 9.69 Å².